The van der Waals surface area contributed by atoms with E-state index in [-0.39, 0.29) is 5.91 Å². The Morgan fingerprint density at radius 1 is 1.16 bits per heavy atom. The van der Waals surface area contributed by atoms with Crippen molar-refractivity contribution in [2.45, 2.75) is 33.9 Å². The summed E-state index contributed by atoms with van der Waals surface area (Å²) in [6.07, 6.45) is 3.32. The van der Waals surface area contributed by atoms with Crippen LogP contribution in [0, 0.1) is 20.8 Å². The van der Waals surface area contributed by atoms with Gasteiger partial charge in [0.15, 0.2) is 0 Å². The van der Waals surface area contributed by atoms with Crippen molar-refractivity contribution in [3.63, 3.8) is 0 Å². The van der Waals surface area contributed by atoms with Crippen molar-refractivity contribution in [3.8, 4) is 11.5 Å². The molecule has 0 radical (unpaired) electrons. The van der Waals surface area contributed by atoms with Crippen LogP contribution in [0.2, 0.25) is 0 Å². The largest absolute Gasteiger partial charge is 0.496 e. The SMILES string of the molecule is COc1ccc(/C=C/C(=O)NCc2c(C)nn(C)c2C)cc1COc1cccc(C)c1. The van der Waals surface area contributed by atoms with Gasteiger partial charge < -0.3 is 14.8 Å². The van der Waals surface area contributed by atoms with E-state index in [1.165, 1.54) is 6.08 Å². The van der Waals surface area contributed by atoms with Crippen LogP contribution in [0.3, 0.4) is 0 Å². The van der Waals surface area contributed by atoms with E-state index in [9.17, 15) is 4.79 Å². The molecule has 2 aromatic carbocycles. The Morgan fingerprint density at radius 2 is 1.97 bits per heavy atom. The average Bonchev–Trinajstić information content (AvgIpc) is 3.00. The van der Waals surface area contributed by atoms with Crippen molar-refractivity contribution in [3.05, 3.63) is 82.2 Å². The minimum Gasteiger partial charge on any atom is -0.496 e. The summed E-state index contributed by atoms with van der Waals surface area (Å²) in [6.45, 7) is 6.80. The van der Waals surface area contributed by atoms with Crippen molar-refractivity contribution >= 4 is 12.0 Å². The number of hydrogen-bond donors (Lipinski definition) is 1. The van der Waals surface area contributed by atoms with Gasteiger partial charge in [0.25, 0.3) is 0 Å². The van der Waals surface area contributed by atoms with Gasteiger partial charge in [-0.05, 0) is 62.2 Å². The van der Waals surface area contributed by atoms with Crippen LogP contribution in [-0.2, 0) is 25.0 Å². The summed E-state index contributed by atoms with van der Waals surface area (Å²) in [6, 6.07) is 13.7. The van der Waals surface area contributed by atoms with Gasteiger partial charge in [0.05, 0.1) is 12.8 Å². The topological polar surface area (TPSA) is 65.4 Å². The second-order valence-corrected chi connectivity index (χ2v) is 7.50. The number of nitrogens with zero attached hydrogens (tertiary/aromatic N) is 2. The fourth-order valence-electron chi connectivity index (χ4n) is 3.36. The average molecular weight is 420 g/mol. The maximum atomic E-state index is 12.3. The molecule has 0 aliphatic rings. The minimum absolute atomic E-state index is 0.156. The fourth-order valence-corrected chi connectivity index (χ4v) is 3.36. The summed E-state index contributed by atoms with van der Waals surface area (Å²) in [5.74, 6) is 1.40. The molecule has 0 fully saturated rings. The number of carbonyl (C=O) groups is 1. The van der Waals surface area contributed by atoms with Crippen LogP contribution in [0.5, 0.6) is 11.5 Å². The maximum absolute atomic E-state index is 12.3. The number of rotatable bonds is 8. The minimum atomic E-state index is -0.156. The standard InChI is InChI=1S/C25H29N3O3/c1-17-7-6-8-22(13-17)31-16-21-14-20(9-11-24(21)30-5)10-12-25(29)26-15-23-18(2)27-28(4)19(23)3/h6-14H,15-16H2,1-5H3,(H,26,29)/b12-10+. The van der Waals surface area contributed by atoms with E-state index in [1.807, 2.05) is 75.0 Å². The molecule has 0 bridgehead atoms. The fraction of sp³-hybridized carbons (Fsp3) is 0.280. The number of aromatic nitrogens is 2. The summed E-state index contributed by atoms with van der Waals surface area (Å²) >= 11 is 0. The summed E-state index contributed by atoms with van der Waals surface area (Å²) in [5.41, 5.74) is 5.97. The van der Waals surface area contributed by atoms with Crippen LogP contribution in [0.4, 0.5) is 0 Å². The van der Waals surface area contributed by atoms with Gasteiger partial charge in [0, 0.05) is 36.5 Å². The smallest absolute Gasteiger partial charge is 0.244 e. The van der Waals surface area contributed by atoms with Crippen molar-refractivity contribution in [2.75, 3.05) is 7.11 Å². The Bertz CT molecular complexity index is 1100. The maximum Gasteiger partial charge on any atom is 0.244 e. The van der Waals surface area contributed by atoms with Gasteiger partial charge in [-0.3, -0.25) is 9.48 Å². The van der Waals surface area contributed by atoms with E-state index in [2.05, 4.69) is 10.4 Å². The molecule has 0 saturated carbocycles. The number of ether oxygens (including phenoxy) is 2. The number of benzene rings is 2. The van der Waals surface area contributed by atoms with Gasteiger partial charge in [-0.25, -0.2) is 0 Å². The van der Waals surface area contributed by atoms with Crippen LogP contribution in [0.15, 0.2) is 48.5 Å². The number of methoxy groups -OCH3 is 1. The van der Waals surface area contributed by atoms with Crippen LogP contribution < -0.4 is 14.8 Å². The molecule has 0 atom stereocenters. The molecule has 162 valence electrons. The molecule has 6 nitrogen and oxygen atoms in total. The molecule has 31 heavy (non-hydrogen) atoms. The lowest BCUT2D eigenvalue weighted by Crippen LogP contribution is -2.21. The molecule has 3 rings (SSSR count). The number of hydrogen-bond acceptors (Lipinski definition) is 4. The zero-order valence-corrected chi connectivity index (χ0v) is 18.7. The lowest BCUT2D eigenvalue weighted by Gasteiger charge is -2.11. The van der Waals surface area contributed by atoms with Crippen molar-refractivity contribution in [1.29, 1.82) is 0 Å². The molecule has 0 unspecified atom stereocenters. The molecule has 0 aliphatic carbocycles. The van der Waals surface area contributed by atoms with Crippen LogP contribution >= 0.6 is 0 Å². The van der Waals surface area contributed by atoms with Gasteiger partial charge in [-0.2, -0.15) is 5.10 Å². The van der Waals surface area contributed by atoms with Crippen LogP contribution in [0.25, 0.3) is 6.08 Å². The monoisotopic (exact) mass is 419 g/mol. The predicted octanol–water partition coefficient (Wildman–Crippen LogP) is 4.26. The van der Waals surface area contributed by atoms with Gasteiger partial charge in [-0.15, -0.1) is 0 Å². The zero-order chi connectivity index (χ0) is 22.4. The molecule has 0 spiro atoms. The number of aryl methyl sites for hydroxylation is 3. The third-order valence-electron chi connectivity index (χ3n) is 5.21. The highest BCUT2D eigenvalue weighted by Crippen LogP contribution is 2.23. The quantitative estimate of drug-likeness (QED) is 0.554. The van der Waals surface area contributed by atoms with Crippen LogP contribution in [0.1, 0.15) is 33.6 Å². The van der Waals surface area contributed by atoms with E-state index in [0.29, 0.717) is 13.2 Å². The normalized spacial score (nSPS) is 11.0. The summed E-state index contributed by atoms with van der Waals surface area (Å²) in [7, 11) is 3.54. The van der Waals surface area contributed by atoms with Gasteiger partial charge in [-0.1, -0.05) is 18.2 Å². The Hall–Kier alpha value is -3.54. The van der Waals surface area contributed by atoms with Crippen molar-refractivity contribution < 1.29 is 14.3 Å². The molecular formula is C25H29N3O3. The third-order valence-corrected chi connectivity index (χ3v) is 5.21. The molecule has 1 N–H and O–H groups in total. The Balaban J connectivity index is 1.64. The molecular weight excluding hydrogens is 390 g/mol. The van der Waals surface area contributed by atoms with E-state index in [1.54, 1.807) is 13.2 Å². The van der Waals surface area contributed by atoms with Crippen molar-refractivity contribution in [1.82, 2.24) is 15.1 Å². The van der Waals surface area contributed by atoms with Crippen molar-refractivity contribution in [2.24, 2.45) is 7.05 Å². The Morgan fingerprint density at radius 3 is 2.65 bits per heavy atom. The lowest BCUT2D eigenvalue weighted by atomic mass is 10.1. The number of nitrogens with one attached hydrogen (secondary N) is 1. The Kier molecular flexibility index (Phi) is 7.13. The van der Waals surface area contributed by atoms with Gasteiger partial charge in [0.1, 0.15) is 18.1 Å². The first-order valence-corrected chi connectivity index (χ1v) is 10.2. The molecule has 1 heterocycles. The molecule has 0 aliphatic heterocycles. The molecule has 0 saturated heterocycles. The second kappa shape index (κ2) is 9.98. The molecule has 6 heteroatoms. The highest BCUT2D eigenvalue weighted by molar-refractivity contribution is 5.91. The van der Waals surface area contributed by atoms with Gasteiger partial charge >= 0.3 is 0 Å². The van der Waals surface area contributed by atoms with E-state index < -0.39 is 0 Å². The first-order valence-electron chi connectivity index (χ1n) is 10.2. The first kappa shape index (κ1) is 22.2. The van der Waals surface area contributed by atoms with E-state index in [4.69, 9.17) is 9.47 Å². The zero-order valence-electron chi connectivity index (χ0n) is 18.7. The number of carbonyl (C=O) groups excluding carboxylic acids is 1. The van der Waals surface area contributed by atoms with Crippen LogP contribution in [-0.4, -0.2) is 22.8 Å². The van der Waals surface area contributed by atoms with Gasteiger partial charge in [0.2, 0.25) is 5.91 Å². The van der Waals surface area contributed by atoms with E-state index in [0.717, 1.165) is 45.1 Å². The first-order chi connectivity index (χ1) is 14.9. The highest BCUT2D eigenvalue weighted by Gasteiger charge is 2.10. The summed E-state index contributed by atoms with van der Waals surface area (Å²) in [5, 5.41) is 7.30. The Labute approximate surface area is 183 Å². The lowest BCUT2D eigenvalue weighted by molar-refractivity contribution is -0.116. The molecule has 1 aromatic heterocycles. The predicted molar refractivity (Wildman–Crippen MR) is 122 cm³/mol. The molecule has 1 amide bonds. The number of amides is 1. The second-order valence-electron chi connectivity index (χ2n) is 7.50. The molecule has 3 aromatic rings. The summed E-state index contributed by atoms with van der Waals surface area (Å²) in [4.78, 5) is 12.3. The highest BCUT2D eigenvalue weighted by atomic mass is 16.5. The van der Waals surface area contributed by atoms with E-state index >= 15 is 0 Å². The third kappa shape index (κ3) is 5.75. The summed E-state index contributed by atoms with van der Waals surface area (Å²) < 4.78 is 13.2.